The third-order valence-electron chi connectivity index (χ3n) is 2.08. The van der Waals surface area contributed by atoms with E-state index in [4.69, 9.17) is 0 Å². The van der Waals surface area contributed by atoms with Crippen LogP contribution in [0.4, 0.5) is 13.2 Å². The molecule has 0 heterocycles. The molecular weight excluding hydrogens is 209 g/mol. The van der Waals surface area contributed by atoms with Gasteiger partial charge in [0.2, 0.25) is 0 Å². The molecule has 0 saturated heterocycles. The molecule has 0 aromatic heterocycles. The fourth-order valence-corrected chi connectivity index (χ4v) is 1.64. The molecule has 0 aromatic carbocycles. The molecule has 4 heteroatoms. The van der Waals surface area contributed by atoms with Crippen LogP contribution in [0.25, 0.3) is 0 Å². The Morgan fingerprint density at radius 2 is 1.79 bits per heavy atom. The summed E-state index contributed by atoms with van der Waals surface area (Å²) in [6.07, 6.45) is 5.71. The maximum absolute atomic E-state index is 11.9. The van der Waals surface area contributed by atoms with E-state index in [1.165, 1.54) is 25.3 Å². The van der Waals surface area contributed by atoms with E-state index in [2.05, 4.69) is 0 Å². The van der Waals surface area contributed by atoms with Crippen LogP contribution in [0.2, 0.25) is 0 Å². The standard InChI is InChI=1S/C10H13F3S/c1-7(9-5-6-9)3-4-8(2)14-10(11,12)13/h3-4,9H,5-6H2,1-2H3/b7-3+,8-4+. The second-order valence-corrected chi connectivity index (χ2v) is 4.82. The maximum Gasteiger partial charge on any atom is 0.446 e. The summed E-state index contributed by atoms with van der Waals surface area (Å²) in [5.74, 6) is 0.620. The Morgan fingerprint density at radius 1 is 1.21 bits per heavy atom. The smallest absolute Gasteiger partial charge is 0.160 e. The predicted octanol–water partition coefficient (Wildman–Crippen LogP) is 4.50. The van der Waals surface area contributed by atoms with Gasteiger partial charge in [0.15, 0.2) is 0 Å². The highest BCUT2D eigenvalue weighted by Gasteiger charge is 2.28. The molecule has 80 valence electrons. The summed E-state index contributed by atoms with van der Waals surface area (Å²) < 4.78 is 35.7. The molecule has 0 bridgehead atoms. The van der Waals surface area contributed by atoms with Crippen molar-refractivity contribution < 1.29 is 13.2 Å². The number of alkyl halides is 3. The minimum atomic E-state index is -4.16. The van der Waals surface area contributed by atoms with Crippen molar-refractivity contribution >= 4 is 11.8 Å². The monoisotopic (exact) mass is 222 g/mol. The largest absolute Gasteiger partial charge is 0.446 e. The molecule has 1 rings (SSSR count). The first kappa shape index (κ1) is 11.7. The van der Waals surface area contributed by atoms with Crippen LogP contribution in [-0.2, 0) is 0 Å². The minimum absolute atomic E-state index is 0.0526. The number of allylic oxidation sites excluding steroid dienone is 4. The average molecular weight is 222 g/mol. The zero-order valence-electron chi connectivity index (χ0n) is 8.19. The third kappa shape index (κ3) is 4.74. The Kier molecular flexibility index (Phi) is 3.70. The van der Waals surface area contributed by atoms with Crippen molar-refractivity contribution in [1.82, 2.24) is 0 Å². The van der Waals surface area contributed by atoms with Gasteiger partial charge in [-0.2, -0.15) is 13.2 Å². The minimum Gasteiger partial charge on any atom is -0.160 e. The van der Waals surface area contributed by atoms with Crippen LogP contribution < -0.4 is 0 Å². The van der Waals surface area contributed by atoms with Gasteiger partial charge in [0.05, 0.1) is 0 Å². The highest BCUT2D eigenvalue weighted by atomic mass is 32.2. The summed E-state index contributed by atoms with van der Waals surface area (Å²) in [4.78, 5) is 0.289. The number of rotatable bonds is 3. The molecular formula is C10H13F3S. The first-order valence-electron chi connectivity index (χ1n) is 4.49. The van der Waals surface area contributed by atoms with E-state index in [0.29, 0.717) is 5.92 Å². The lowest BCUT2D eigenvalue weighted by Crippen LogP contribution is -1.98. The average Bonchev–Trinajstić information content (AvgIpc) is 2.78. The second-order valence-electron chi connectivity index (χ2n) is 3.51. The molecule has 0 aliphatic heterocycles. The lowest BCUT2D eigenvalue weighted by Gasteiger charge is -2.04. The van der Waals surface area contributed by atoms with Crippen molar-refractivity contribution in [2.24, 2.45) is 5.92 Å². The molecule has 0 N–H and O–H groups in total. The first-order valence-corrected chi connectivity index (χ1v) is 5.31. The molecule has 1 aliphatic rings. The van der Waals surface area contributed by atoms with E-state index in [9.17, 15) is 13.2 Å². The zero-order valence-corrected chi connectivity index (χ0v) is 9.00. The Hall–Kier alpha value is -0.380. The summed E-state index contributed by atoms with van der Waals surface area (Å²) >= 11 is -0.0526. The van der Waals surface area contributed by atoms with Crippen molar-refractivity contribution in [3.8, 4) is 0 Å². The quantitative estimate of drug-likeness (QED) is 0.633. The van der Waals surface area contributed by atoms with Crippen molar-refractivity contribution in [2.75, 3.05) is 0 Å². The highest BCUT2D eigenvalue weighted by molar-refractivity contribution is 8.03. The lowest BCUT2D eigenvalue weighted by molar-refractivity contribution is -0.0322. The molecule has 0 nitrogen and oxygen atoms in total. The summed E-state index contributed by atoms with van der Waals surface area (Å²) in [5, 5.41) is 0. The first-order chi connectivity index (χ1) is 6.38. The number of hydrogen-bond acceptors (Lipinski definition) is 1. The Bertz CT molecular complexity index is 259. The molecule has 0 radical (unpaired) electrons. The number of halogens is 3. The van der Waals surface area contributed by atoms with Crippen LogP contribution in [0.15, 0.2) is 22.6 Å². The third-order valence-corrected chi connectivity index (χ3v) is 2.77. The van der Waals surface area contributed by atoms with Gasteiger partial charge in [-0.1, -0.05) is 17.7 Å². The molecule has 0 atom stereocenters. The highest BCUT2D eigenvalue weighted by Crippen LogP contribution is 2.38. The molecule has 1 aliphatic carbocycles. The van der Waals surface area contributed by atoms with Gasteiger partial charge in [-0.05, 0) is 49.3 Å². The molecule has 0 spiro atoms. The van der Waals surface area contributed by atoms with Crippen LogP contribution in [-0.4, -0.2) is 5.51 Å². The van der Waals surface area contributed by atoms with E-state index in [-0.39, 0.29) is 16.7 Å². The van der Waals surface area contributed by atoms with Gasteiger partial charge in [-0.25, -0.2) is 0 Å². The summed E-state index contributed by atoms with van der Waals surface area (Å²) in [6, 6.07) is 0. The van der Waals surface area contributed by atoms with Crippen molar-refractivity contribution in [2.45, 2.75) is 32.2 Å². The van der Waals surface area contributed by atoms with Gasteiger partial charge >= 0.3 is 5.51 Å². The Morgan fingerprint density at radius 3 is 2.21 bits per heavy atom. The fraction of sp³-hybridized carbons (Fsp3) is 0.600. The number of thioether (sulfide) groups is 1. The topological polar surface area (TPSA) is 0 Å². The van der Waals surface area contributed by atoms with Gasteiger partial charge in [0.1, 0.15) is 0 Å². The van der Waals surface area contributed by atoms with Gasteiger partial charge < -0.3 is 0 Å². The number of hydrogen-bond donors (Lipinski definition) is 0. The van der Waals surface area contributed by atoms with Gasteiger partial charge in [-0.15, -0.1) is 0 Å². The normalized spacial score (nSPS) is 20.1. The lowest BCUT2D eigenvalue weighted by atomic mass is 10.2. The van der Waals surface area contributed by atoms with E-state index in [1.807, 2.05) is 6.92 Å². The van der Waals surface area contributed by atoms with Crippen LogP contribution in [0.3, 0.4) is 0 Å². The molecule has 1 fully saturated rings. The molecule has 0 aromatic rings. The van der Waals surface area contributed by atoms with Gasteiger partial charge in [0.25, 0.3) is 0 Å². The van der Waals surface area contributed by atoms with Crippen LogP contribution >= 0.6 is 11.8 Å². The van der Waals surface area contributed by atoms with Crippen molar-refractivity contribution in [3.05, 3.63) is 22.6 Å². The van der Waals surface area contributed by atoms with E-state index < -0.39 is 5.51 Å². The van der Waals surface area contributed by atoms with Crippen molar-refractivity contribution in [3.63, 3.8) is 0 Å². The van der Waals surface area contributed by atoms with Gasteiger partial charge in [-0.3, -0.25) is 0 Å². The van der Waals surface area contributed by atoms with Crippen LogP contribution in [0.1, 0.15) is 26.7 Å². The van der Waals surface area contributed by atoms with E-state index in [0.717, 1.165) is 0 Å². The van der Waals surface area contributed by atoms with Crippen LogP contribution in [0.5, 0.6) is 0 Å². The molecule has 0 unspecified atom stereocenters. The predicted molar refractivity (Wildman–Crippen MR) is 53.9 cm³/mol. The van der Waals surface area contributed by atoms with Crippen LogP contribution in [0, 0.1) is 5.92 Å². The summed E-state index contributed by atoms with van der Waals surface area (Å²) in [6.45, 7) is 3.45. The Labute approximate surface area is 86.3 Å². The Balaban J connectivity index is 2.46. The maximum atomic E-state index is 11.9. The summed E-state index contributed by atoms with van der Waals surface area (Å²) in [7, 11) is 0. The second kappa shape index (κ2) is 4.43. The molecule has 1 saturated carbocycles. The van der Waals surface area contributed by atoms with E-state index >= 15 is 0 Å². The molecule has 14 heavy (non-hydrogen) atoms. The van der Waals surface area contributed by atoms with Crippen molar-refractivity contribution in [1.29, 1.82) is 0 Å². The molecule has 0 amide bonds. The van der Waals surface area contributed by atoms with Gasteiger partial charge in [0, 0.05) is 0 Å². The SMILES string of the molecule is C/C(=C\C=C(/C)C1CC1)SC(F)(F)F. The van der Waals surface area contributed by atoms with E-state index in [1.54, 1.807) is 12.2 Å². The zero-order chi connectivity index (χ0) is 10.8. The fourth-order valence-electron chi connectivity index (χ4n) is 1.14. The summed E-state index contributed by atoms with van der Waals surface area (Å²) in [5.41, 5.74) is -2.98.